The van der Waals surface area contributed by atoms with E-state index in [1.807, 2.05) is 12.1 Å². The Balaban J connectivity index is 2.57. The number of carbonyl (C=O) groups is 2. The Morgan fingerprint density at radius 2 is 1.50 bits per heavy atom. The molecule has 0 unspecified atom stereocenters. The van der Waals surface area contributed by atoms with Gasteiger partial charge in [-0.05, 0) is 6.07 Å². The summed E-state index contributed by atoms with van der Waals surface area (Å²) in [4.78, 5) is 24.1. The second-order valence-electron chi connectivity index (χ2n) is 4.52. The van der Waals surface area contributed by atoms with Crippen molar-refractivity contribution in [2.24, 2.45) is 0 Å². The molecule has 0 radical (unpaired) electrons. The molecule has 116 valence electrons. The van der Waals surface area contributed by atoms with Crippen LogP contribution in [-0.2, 0) is 19.1 Å². The van der Waals surface area contributed by atoms with Crippen molar-refractivity contribution in [3.05, 3.63) is 53.4 Å². The number of para-hydroxylation sites is 1. The summed E-state index contributed by atoms with van der Waals surface area (Å²) in [5.41, 5.74) is 1.28. The minimum atomic E-state index is -0.628. The Kier molecular flexibility index (Phi) is 4.83. The van der Waals surface area contributed by atoms with Gasteiger partial charge in [0.2, 0.25) is 0 Å². The van der Waals surface area contributed by atoms with Crippen molar-refractivity contribution in [1.29, 1.82) is 0 Å². The molecule has 1 aliphatic heterocycles. The molecule has 1 heterocycles. The number of rotatable bonds is 4. The number of hydrogen-bond acceptors (Lipinski definition) is 6. The Bertz CT molecular complexity index is 616. The quantitative estimate of drug-likeness (QED) is 0.850. The molecule has 0 saturated carbocycles. The van der Waals surface area contributed by atoms with Gasteiger partial charge in [0.1, 0.15) is 5.75 Å². The van der Waals surface area contributed by atoms with Crippen LogP contribution in [0.3, 0.4) is 0 Å². The third-order valence-corrected chi connectivity index (χ3v) is 3.39. The average Bonchev–Trinajstić information content (AvgIpc) is 2.59. The number of methoxy groups -OCH3 is 3. The first kappa shape index (κ1) is 15.6. The van der Waals surface area contributed by atoms with Crippen molar-refractivity contribution >= 4 is 11.9 Å². The molecule has 6 heteroatoms. The SMILES string of the molecule is COC(=O)C1=CNC=C(C(=O)OC)C1c1ccccc1OC. The lowest BCUT2D eigenvalue weighted by Crippen LogP contribution is -2.26. The van der Waals surface area contributed by atoms with Gasteiger partial charge in [0.15, 0.2) is 0 Å². The van der Waals surface area contributed by atoms with Crippen LogP contribution < -0.4 is 10.1 Å². The number of esters is 2. The molecule has 0 saturated heterocycles. The number of dihydropyridines is 1. The smallest absolute Gasteiger partial charge is 0.336 e. The van der Waals surface area contributed by atoms with Gasteiger partial charge in [-0.2, -0.15) is 0 Å². The standard InChI is InChI=1S/C16H17NO5/c1-20-13-7-5-4-6-10(13)14-11(15(18)21-2)8-17-9-12(14)16(19)22-3/h4-9,14,17H,1-3H3. The van der Waals surface area contributed by atoms with Crippen molar-refractivity contribution in [3.8, 4) is 5.75 Å². The maximum atomic E-state index is 12.1. The summed E-state index contributed by atoms with van der Waals surface area (Å²) in [6, 6.07) is 7.18. The van der Waals surface area contributed by atoms with Crippen LogP contribution in [0.2, 0.25) is 0 Å². The molecule has 1 aliphatic rings. The lowest BCUT2D eigenvalue weighted by Gasteiger charge is -2.25. The van der Waals surface area contributed by atoms with Gasteiger partial charge in [-0.1, -0.05) is 18.2 Å². The molecule has 0 amide bonds. The maximum absolute atomic E-state index is 12.1. The zero-order valence-corrected chi connectivity index (χ0v) is 12.6. The van der Waals surface area contributed by atoms with Crippen molar-refractivity contribution < 1.29 is 23.8 Å². The van der Waals surface area contributed by atoms with Crippen LogP contribution in [0.25, 0.3) is 0 Å². The van der Waals surface area contributed by atoms with E-state index in [0.717, 1.165) is 0 Å². The lowest BCUT2D eigenvalue weighted by atomic mass is 9.83. The monoisotopic (exact) mass is 303 g/mol. The predicted octanol–water partition coefficient (Wildman–Crippen LogP) is 1.50. The van der Waals surface area contributed by atoms with Gasteiger partial charge in [0.25, 0.3) is 0 Å². The molecule has 0 spiro atoms. The third-order valence-electron chi connectivity index (χ3n) is 3.39. The highest BCUT2D eigenvalue weighted by molar-refractivity contribution is 5.98. The molecule has 2 rings (SSSR count). The van der Waals surface area contributed by atoms with Gasteiger partial charge >= 0.3 is 11.9 Å². The summed E-state index contributed by atoms with van der Waals surface area (Å²) in [5.74, 6) is -1.12. The molecular weight excluding hydrogens is 286 g/mol. The lowest BCUT2D eigenvalue weighted by molar-refractivity contribution is -0.137. The van der Waals surface area contributed by atoms with Crippen molar-refractivity contribution in [2.75, 3.05) is 21.3 Å². The van der Waals surface area contributed by atoms with E-state index in [1.165, 1.54) is 33.7 Å². The van der Waals surface area contributed by atoms with E-state index in [1.54, 1.807) is 12.1 Å². The fraction of sp³-hybridized carbons (Fsp3) is 0.250. The van der Waals surface area contributed by atoms with Crippen LogP contribution in [0.5, 0.6) is 5.75 Å². The molecule has 0 bridgehead atoms. The number of carbonyl (C=O) groups excluding carboxylic acids is 2. The summed E-state index contributed by atoms with van der Waals surface area (Å²) in [5, 5.41) is 2.79. The molecular formula is C16H17NO5. The Morgan fingerprint density at radius 3 is 2.00 bits per heavy atom. The fourth-order valence-corrected chi connectivity index (χ4v) is 2.38. The number of hydrogen-bond donors (Lipinski definition) is 1. The van der Waals surface area contributed by atoms with E-state index in [-0.39, 0.29) is 0 Å². The molecule has 0 atom stereocenters. The van der Waals surface area contributed by atoms with Gasteiger partial charge in [0.05, 0.1) is 38.4 Å². The van der Waals surface area contributed by atoms with E-state index in [9.17, 15) is 9.59 Å². The third kappa shape index (κ3) is 2.81. The van der Waals surface area contributed by atoms with Crippen molar-refractivity contribution in [2.45, 2.75) is 5.92 Å². The van der Waals surface area contributed by atoms with Crippen LogP contribution in [0, 0.1) is 0 Å². The molecule has 1 aromatic carbocycles. The average molecular weight is 303 g/mol. The highest BCUT2D eigenvalue weighted by atomic mass is 16.5. The molecule has 0 fully saturated rings. The summed E-state index contributed by atoms with van der Waals surface area (Å²) in [6.45, 7) is 0. The highest BCUT2D eigenvalue weighted by Crippen LogP contribution is 2.39. The summed E-state index contributed by atoms with van der Waals surface area (Å²) in [6.07, 6.45) is 3.02. The second-order valence-corrected chi connectivity index (χ2v) is 4.52. The van der Waals surface area contributed by atoms with Crippen LogP contribution in [0.1, 0.15) is 11.5 Å². The van der Waals surface area contributed by atoms with Crippen LogP contribution >= 0.6 is 0 Å². The number of benzene rings is 1. The molecule has 6 nitrogen and oxygen atoms in total. The van der Waals surface area contributed by atoms with Crippen molar-refractivity contribution in [1.82, 2.24) is 5.32 Å². The van der Waals surface area contributed by atoms with E-state index in [4.69, 9.17) is 14.2 Å². The van der Waals surface area contributed by atoms with Gasteiger partial charge in [-0.25, -0.2) is 9.59 Å². The molecule has 1 aromatic rings. The van der Waals surface area contributed by atoms with Gasteiger partial charge in [0, 0.05) is 18.0 Å². The minimum Gasteiger partial charge on any atom is -0.496 e. The minimum absolute atomic E-state index is 0.301. The van der Waals surface area contributed by atoms with Gasteiger partial charge in [-0.15, -0.1) is 0 Å². The topological polar surface area (TPSA) is 73.9 Å². The molecule has 0 aliphatic carbocycles. The highest BCUT2D eigenvalue weighted by Gasteiger charge is 2.35. The van der Waals surface area contributed by atoms with Crippen LogP contribution in [0.15, 0.2) is 47.8 Å². The summed E-state index contributed by atoms with van der Waals surface area (Å²) < 4.78 is 15.0. The van der Waals surface area contributed by atoms with E-state index in [0.29, 0.717) is 22.5 Å². The van der Waals surface area contributed by atoms with Crippen molar-refractivity contribution in [3.63, 3.8) is 0 Å². The van der Waals surface area contributed by atoms with Crippen LogP contribution in [-0.4, -0.2) is 33.3 Å². The van der Waals surface area contributed by atoms with E-state index >= 15 is 0 Å². The summed E-state index contributed by atoms with van der Waals surface area (Å²) in [7, 11) is 4.11. The largest absolute Gasteiger partial charge is 0.496 e. The Morgan fingerprint density at radius 1 is 0.955 bits per heavy atom. The maximum Gasteiger partial charge on any atom is 0.336 e. The van der Waals surface area contributed by atoms with Gasteiger partial charge in [-0.3, -0.25) is 0 Å². The first-order chi connectivity index (χ1) is 10.6. The first-order valence-electron chi connectivity index (χ1n) is 6.59. The Labute approximate surface area is 128 Å². The van der Waals surface area contributed by atoms with Crippen LogP contribution in [0.4, 0.5) is 0 Å². The fourth-order valence-electron chi connectivity index (χ4n) is 2.38. The van der Waals surface area contributed by atoms with Gasteiger partial charge < -0.3 is 19.5 Å². The molecule has 22 heavy (non-hydrogen) atoms. The summed E-state index contributed by atoms with van der Waals surface area (Å²) >= 11 is 0. The van der Waals surface area contributed by atoms with E-state index < -0.39 is 17.9 Å². The zero-order chi connectivity index (χ0) is 16.1. The normalized spacial score (nSPS) is 14.3. The second kappa shape index (κ2) is 6.80. The molecule has 1 N–H and O–H groups in total. The Hall–Kier alpha value is -2.76. The first-order valence-corrected chi connectivity index (χ1v) is 6.59. The number of nitrogens with one attached hydrogen (secondary N) is 1. The predicted molar refractivity (Wildman–Crippen MR) is 79.1 cm³/mol. The molecule has 0 aromatic heterocycles. The number of ether oxygens (including phenoxy) is 3. The zero-order valence-electron chi connectivity index (χ0n) is 12.6. The van der Waals surface area contributed by atoms with E-state index in [2.05, 4.69) is 5.32 Å².